The number of carbonyl (C=O) groups is 1. The van der Waals surface area contributed by atoms with Gasteiger partial charge in [-0.05, 0) is 60.0 Å². The summed E-state index contributed by atoms with van der Waals surface area (Å²) >= 11 is 3.39. The van der Waals surface area contributed by atoms with E-state index < -0.39 is 10.8 Å². The highest BCUT2D eigenvalue weighted by atomic mass is 79.9. The molecule has 0 aliphatic heterocycles. The van der Waals surface area contributed by atoms with Crippen LogP contribution in [0.15, 0.2) is 70.7 Å². The minimum Gasteiger partial charge on any atom is -0.493 e. The van der Waals surface area contributed by atoms with Crippen molar-refractivity contribution in [1.82, 2.24) is 0 Å². The summed E-state index contributed by atoms with van der Waals surface area (Å²) in [6, 6.07) is 18.9. The van der Waals surface area contributed by atoms with Crippen LogP contribution in [0.4, 0.5) is 11.4 Å². The highest BCUT2D eigenvalue weighted by Gasteiger charge is 2.18. The molecule has 0 spiro atoms. The maximum absolute atomic E-state index is 12.7. The smallest absolute Gasteiger partial charge is 0.293 e. The Hall–Kier alpha value is -4.16. The molecule has 1 amide bonds. The predicted octanol–water partition coefficient (Wildman–Crippen LogP) is 5.80. The number of hydrogen-bond acceptors (Lipinski definition) is 6. The molecule has 9 heteroatoms. The lowest BCUT2D eigenvalue weighted by Crippen LogP contribution is -2.14. The molecular weight excluding hydrogens is 502 g/mol. The molecule has 0 bridgehead atoms. The highest BCUT2D eigenvalue weighted by Crippen LogP contribution is 2.30. The zero-order chi connectivity index (χ0) is 24.7. The normalized spacial score (nSPS) is 10.8. The summed E-state index contributed by atoms with van der Waals surface area (Å²) in [6.07, 6.45) is 1.38. The van der Waals surface area contributed by atoms with E-state index in [1.165, 1.54) is 25.3 Å². The Morgan fingerprint density at radius 1 is 1.15 bits per heavy atom. The van der Waals surface area contributed by atoms with E-state index in [-0.39, 0.29) is 16.9 Å². The number of nitro groups is 1. The second-order valence-corrected chi connectivity index (χ2v) is 8.14. The lowest BCUT2D eigenvalue weighted by atomic mass is 10.1. The van der Waals surface area contributed by atoms with E-state index in [0.717, 1.165) is 10.0 Å². The number of nitrogens with one attached hydrogen (secondary N) is 1. The van der Waals surface area contributed by atoms with Crippen LogP contribution in [0.1, 0.15) is 16.7 Å². The average molecular weight is 522 g/mol. The van der Waals surface area contributed by atoms with E-state index >= 15 is 0 Å². The number of nitriles is 1. The molecule has 172 valence electrons. The molecule has 3 aromatic rings. The van der Waals surface area contributed by atoms with Crippen molar-refractivity contribution in [2.24, 2.45) is 0 Å². The van der Waals surface area contributed by atoms with Crippen LogP contribution >= 0.6 is 15.9 Å². The number of halogens is 1. The Bertz CT molecular complexity index is 1300. The summed E-state index contributed by atoms with van der Waals surface area (Å²) in [4.78, 5) is 23.4. The standard InChI is InChI=1S/C25H20BrN3O5/c1-16-3-9-21(22(11-16)29(31)32)28-25(30)19(14-27)12-18-6-10-23(33-2)24(13-18)34-15-17-4-7-20(26)8-5-17/h3-13H,15H2,1-2H3,(H,28,30)/b19-12+. The van der Waals surface area contributed by atoms with Gasteiger partial charge in [-0.3, -0.25) is 14.9 Å². The van der Waals surface area contributed by atoms with E-state index in [4.69, 9.17) is 9.47 Å². The molecule has 0 radical (unpaired) electrons. The van der Waals surface area contributed by atoms with Crippen molar-refractivity contribution in [3.05, 3.63) is 97.5 Å². The number of aryl methyl sites for hydroxylation is 1. The molecule has 0 heterocycles. The molecule has 0 unspecified atom stereocenters. The number of carbonyl (C=O) groups excluding carboxylic acids is 1. The van der Waals surface area contributed by atoms with Gasteiger partial charge < -0.3 is 14.8 Å². The highest BCUT2D eigenvalue weighted by molar-refractivity contribution is 9.10. The number of ether oxygens (including phenoxy) is 2. The molecule has 0 fully saturated rings. The van der Waals surface area contributed by atoms with Crippen molar-refractivity contribution in [3.63, 3.8) is 0 Å². The first-order valence-electron chi connectivity index (χ1n) is 10.0. The Morgan fingerprint density at radius 3 is 2.53 bits per heavy atom. The molecule has 0 atom stereocenters. The lowest BCUT2D eigenvalue weighted by Gasteiger charge is -2.12. The van der Waals surface area contributed by atoms with Gasteiger partial charge in [-0.1, -0.05) is 40.2 Å². The first-order chi connectivity index (χ1) is 16.3. The Kier molecular flexibility index (Phi) is 8.01. The first kappa shape index (κ1) is 24.5. The molecule has 0 saturated carbocycles. The van der Waals surface area contributed by atoms with Crippen molar-refractivity contribution in [1.29, 1.82) is 5.26 Å². The summed E-state index contributed by atoms with van der Waals surface area (Å²) in [5.74, 6) is 0.168. The van der Waals surface area contributed by atoms with Crippen LogP contribution in [0.5, 0.6) is 11.5 Å². The third-order valence-corrected chi connectivity index (χ3v) is 5.30. The number of benzene rings is 3. The van der Waals surface area contributed by atoms with Gasteiger partial charge in [-0.2, -0.15) is 5.26 Å². The third kappa shape index (κ3) is 6.21. The maximum Gasteiger partial charge on any atom is 0.293 e. The SMILES string of the molecule is COc1ccc(/C=C(\C#N)C(=O)Nc2ccc(C)cc2[N+](=O)[O-])cc1OCc1ccc(Br)cc1. The van der Waals surface area contributed by atoms with Crippen LogP contribution in [0.2, 0.25) is 0 Å². The van der Waals surface area contributed by atoms with Crippen molar-refractivity contribution >= 4 is 39.3 Å². The molecule has 0 aliphatic rings. The Labute approximate surface area is 204 Å². The number of nitro benzene ring substituents is 1. The molecular formula is C25H20BrN3O5. The molecule has 0 aromatic heterocycles. The van der Waals surface area contributed by atoms with Crippen LogP contribution in [-0.2, 0) is 11.4 Å². The topological polar surface area (TPSA) is 114 Å². The zero-order valence-electron chi connectivity index (χ0n) is 18.4. The van der Waals surface area contributed by atoms with Crippen molar-refractivity contribution < 1.29 is 19.2 Å². The molecule has 0 saturated heterocycles. The van der Waals surface area contributed by atoms with Crippen LogP contribution in [0.3, 0.4) is 0 Å². The molecule has 8 nitrogen and oxygen atoms in total. The molecule has 1 N–H and O–H groups in total. The summed E-state index contributed by atoms with van der Waals surface area (Å²) in [6.45, 7) is 2.00. The summed E-state index contributed by atoms with van der Waals surface area (Å²) in [5.41, 5.74) is 1.68. The van der Waals surface area contributed by atoms with Gasteiger partial charge in [-0.25, -0.2) is 0 Å². The first-order valence-corrected chi connectivity index (χ1v) is 10.8. The van der Waals surface area contributed by atoms with Crippen molar-refractivity contribution in [2.45, 2.75) is 13.5 Å². The second kappa shape index (κ2) is 11.1. The maximum atomic E-state index is 12.7. The van der Waals surface area contributed by atoms with Gasteiger partial charge in [0.15, 0.2) is 11.5 Å². The number of rotatable bonds is 8. The minimum atomic E-state index is -0.761. The van der Waals surface area contributed by atoms with Gasteiger partial charge >= 0.3 is 0 Å². The number of amides is 1. The van der Waals surface area contributed by atoms with E-state index in [1.807, 2.05) is 30.3 Å². The van der Waals surface area contributed by atoms with Crippen LogP contribution < -0.4 is 14.8 Å². The number of hydrogen-bond donors (Lipinski definition) is 1. The average Bonchev–Trinajstić information content (AvgIpc) is 2.83. The number of anilines is 1. The number of nitrogens with zero attached hydrogens (tertiary/aromatic N) is 2. The summed E-state index contributed by atoms with van der Waals surface area (Å²) in [7, 11) is 1.51. The third-order valence-electron chi connectivity index (χ3n) is 4.77. The van der Waals surface area contributed by atoms with Gasteiger partial charge in [-0.15, -0.1) is 0 Å². The molecule has 34 heavy (non-hydrogen) atoms. The van der Waals surface area contributed by atoms with Gasteiger partial charge in [0.05, 0.1) is 12.0 Å². The monoisotopic (exact) mass is 521 g/mol. The fourth-order valence-electron chi connectivity index (χ4n) is 3.04. The van der Waals surface area contributed by atoms with E-state index in [0.29, 0.717) is 29.2 Å². The summed E-state index contributed by atoms with van der Waals surface area (Å²) < 4.78 is 12.2. The molecule has 0 aliphatic carbocycles. The van der Waals surface area contributed by atoms with Crippen LogP contribution in [0, 0.1) is 28.4 Å². The fraction of sp³-hybridized carbons (Fsp3) is 0.120. The van der Waals surface area contributed by atoms with E-state index in [1.54, 1.807) is 31.2 Å². The van der Waals surface area contributed by atoms with Crippen molar-refractivity contribution in [3.8, 4) is 17.6 Å². The largest absolute Gasteiger partial charge is 0.493 e. The zero-order valence-corrected chi connectivity index (χ0v) is 20.0. The minimum absolute atomic E-state index is 0.00926. The van der Waals surface area contributed by atoms with Gasteiger partial charge in [0, 0.05) is 10.5 Å². The summed E-state index contributed by atoms with van der Waals surface area (Å²) in [5, 5.41) is 23.3. The Balaban J connectivity index is 1.83. The number of methoxy groups -OCH3 is 1. The van der Waals surface area contributed by atoms with Crippen LogP contribution in [0.25, 0.3) is 6.08 Å². The lowest BCUT2D eigenvalue weighted by molar-refractivity contribution is -0.384. The fourth-order valence-corrected chi connectivity index (χ4v) is 3.31. The van der Waals surface area contributed by atoms with Crippen molar-refractivity contribution in [2.75, 3.05) is 12.4 Å². The Morgan fingerprint density at radius 2 is 1.88 bits per heavy atom. The van der Waals surface area contributed by atoms with Crippen LogP contribution in [-0.4, -0.2) is 17.9 Å². The quantitative estimate of drug-likeness (QED) is 0.173. The molecule has 3 aromatic carbocycles. The second-order valence-electron chi connectivity index (χ2n) is 7.23. The van der Waals surface area contributed by atoms with E-state index in [9.17, 15) is 20.2 Å². The molecule has 3 rings (SSSR count). The predicted molar refractivity (Wildman–Crippen MR) is 132 cm³/mol. The van der Waals surface area contributed by atoms with E-state index in [2.05, 4.69) is 21.2 Å². The van der Waals surface area contributed by atoms with Gasteiger partial charge in [0.25, 0.3) is 11.6 Å². The van der Waals surface area contributed by atoms with Gasteiger partial charge in [0.2, 0.25) is 0 Å². The van der Waals surface area contributed by atoms with Gasteiger partial charge in [0.1, 0.15) is 23.9 Å².